The van der Waals surface area contributed by atoms with Crippen LogP contribution in [-0.2, 0) is 22.0 Å². The number of aromatic nitrogens is 2. The summed E-state index contributed by atoms with van der Waals surface area (Å²) in [5, 5.41) is 3.68. The van der Waals surface area contributed by atoms with Crippen LogP contribution in [0.4, 0.5) is 17.6 Å². The van der Waals surface area contributed by atoms with Crippen LogP contribution in [0, 0.1) is 12.3 Å². The molecular formula is C15H18F4N2O3. The molecule has 1 aromatic rings. The fraction of sp³-hybridized carbons (Fsp3) is 0.667. The number of hydrogen-bond donors (Lipinski definition) is 0. The summed E-state index contributed by atoms with van der Waals surface area (Å²) in [4.78, 5) is 23.3. The second-order valence-corrected chi connectivity index (χ2v) is 6.14. The molecular weight excluding hydrogens is 332 g/mol. The number of rotatable bonds is 6. The maximum absolute atomic E-state index is 13.7. The van der Waals surface area contributed by atoms with Gasteiger partial charge in [-0.2, -0.15) is 13.9 Å². The molecule has 1 aliphatic rings. The van der Waals surface area contributed by atoms with Gasteiger partial charge in [0.1, 0.15) is 17.2 Å². The van der Waals surface area contributed by atoms with Crippen molar-refractivity contribution in [2.45, 2.75) is 52.5 Å². The van der Waals surface area contributed by atoms with Crippen molar-refractivity contribution >= 4 is 11.8 Å². The number of ketones is 1. The molecule has 2 rings (SSSR count). The Balaban J connectivity index is 2.48. The standard InChI is InChI=1S/C15H18F4N2O3/c1-4-24-12(23)10-8(2)11(14(3,18)19)20-21(10)7-15(13(16)17)5-9(22)6-15/h13H,4-7H2,1-3H3. The number of carbonyl (C=O) groups excluding carboxylic acids is 2. The van der Waals surface area contributed by atoms with Gasteiger partial charge in [-0.15, -0.1) is 0 Å². The highest BCUT2D eigenvalue weighted by molar-refractivity contribution is 5.90. The third-order valence-electron chi connectivity index (χ3n) is 4.10. The third-order valence-corrected chi connectivity index (χ3v) is 4.10. The summed E-state index contributed by atoms with van der Waals surface area (Å²) in [6, 6.07) is 0. The van der Waals surface area contributed by atoms with E-state index in [9.17, 15) is 27.2 Å². The van der Waals surface area contributed by atoms with E-state index in [1.165, 1.54) is 13.8 Å². The van der Waals surface area contributed by atoms with E-state index in [1.54, 1.807) is 0 Å². The number of carbonyl (C=O) groups is 2. The van der Waals surface area contributed by atoms with Crippen LogP contribution in [0.1, 0.15) is 48.4 Å². The highest BCUT2D eigenvalue weighted by Gasteiger charge is 2.52. The summed E-state index contributed by atoms with van der Waals surface area (Å²) in [5.74, 6) is -4.59. The fourth-order valence-electron chi connectivity index (χ4n) is 2.91. The van der Waals surface area contributed by atoms with E-state index in [2.05, 4.69) is 5.10 Å². The molecule has 134 valence electrons. The van der Waals surface area contributed by atoms with Crippen molar-refractivity contribution in [3.8, 4) is 0 Å². The molecule has 0 aromatic carbocycles. The number of hydrogen-bond acceptors (Lipinski definition) is 4. The molecule has 1 saturated carbocycles. The van der Waals surface area contributed by atoms with Gasteiger partial charge in [0.2, 0.25) is 6.43 Å². The smallest absolute Gasteiger partial charge is 0.356 e. The van der Waals surface area contributed by atoms with Crippen LogP contribution in [0.3, 0.4) is 0 Å². The van der Waals surface area contributed by atoms with Gasteiger partial charge in [-0.3, -0.25) is 9.48 Å². The largest absolute Gasteiger partial charge is 0.461 e. The Bertz CT molecular complexity index is 656. The number of alkyl halides is 4. The molecule has 0 N–H and O–H groups in total. The van der Waals surface area contributed by atoms with Gasteiger partial charge in [0.25, 0.3) is 5.92 Å². The first-order chi connectivity index (χ1) is 11.0. The molecule has 0 radical (unpaired) electrons. The minimum absolute atomic E-state index is 0.000218. The lowest BCUT2D eigenvalue weighted by molar-refractivity contribution is -0.147. The molecule has 1 fully saturated rings. The van der Waals surface area contributed by atoms with E-state index < -0.39 is 36.0 Å². The summed E-state index contributed by atoms with van der Waals surface area (Å²) >= 11 is 0. The molecule has 24 heavy (non-hydrogen) atoms. The second-order valence-electron chi connectivity index (χ2n) is 6.14. The second kappa shape index (κ2) is 6.18. The van der Waals surface area contributed by atoms with Gasteiger partial charge in [-0.1, -0.05) is 0 Å². The molecule has 5 nitrogen and oxygen atoms in total. The van der Waals surface area contributed by atoms with Gasteiger partial charge in [-0.05, 0) is 13.8 Å². The number of ether oxygens (including phenoxy) is 1. The quantitative estimate of drug-likeness (QED) is 0.584. The van der Waals surface area contributed by atoms with Crippen molar-refractivity contribution in [2.24, 2.45) is 5.41 Å². The molecule has 0 unspecified atom stereocenters. The first-order valence-corrected chi connectivity index (χ1v) is 7.44. The monoisotopic (exact) mass is 350 g/mol. The lowest BCUT2D eigenvalue weighted by Crippen LogP contribution is -2.47. The minimum atomic E-state index is -3.34. The van der Waals surface area contributed by atoms with Crippen molar-refractivity contribution in [2.75, 3.05) is 6.61 Å². The van der Waals surface area contributed by atoms with Crippen molar-refractivity contribution in [3.05, 3.63) is 17.0 Å². The topological polar surface area (TPSA) is 61.2 Å². The summed E-state index contributed by atoms with van der Waals surface area (Å²) < 4.78 is 59.7. The average Bonchev–Trinajstić information content (AvgIpc) is 2.73. The maximum atomic E-state index is 13.7. The average molecular weight is 350 g/mol. The van der Waals surface area contributed by atoms with Gasteiger partial charge in [0.15, 0.2) is 0 Å². The van der Waals surface area contributed by atoms with Gasteiger partial charge in [0.05, 0.1) is 18.6 Å². The first-order valence-electron chi connectivity index (χ1n) is 7.44. The number of Topliss-reactive ketones (excluding diaryl/α,β-unsaturated/α-hetero) is 1. The Morgan fingerprint density at radius 3 is 2.42 bits per heavy atom. The molecule has 0 amide bonds. The molecule has 9 heteroatoms. The van der Waals surface area contributed by atoms with E-state index in [1.807, 2.05) is 0 Å². The Morgan fingerprint density at radius 2 is 2.00 bits per heavy atom. The van der Waals surface area contributed by atoms with Crippen molar-refractivity contribution in [1.82, 2.24) is 9.78 Å². The van der Waals surface area contributed by atoms with E-state index in [-0.39, 0.29) is 36.5 Å². The Labute approximate surface area is 136 Å². The maximum Gasteiger partial charge on any atom is 0.356 e. The molecule has 0 atom stereocenters. The van der Waals surface area contributed by atoms with E-state index in [0.717, 1.165) is 4.68 Å². The molecule has 1 aliphatic carbocycles. The summed E-state index contributed by atoms with van der Waals surface area (Å²) in [5.41, 5.74) is -2.75. The highest BCUT2D eigenvalue weighted by Crippen LogP contribution is 2.45. The predicted octanol–water partition coefficient (Wildman–Crippen LogP) is 3.09. The Hall–Kier alpha value is -1.93. The fourth-order valence-corrected chi connectivity index (χ4v) is 2.91. The molecule has 0 saturated heterocycles. The zero-order valence-corrected chi connectivity index (χ0v) is 13.5. The van der Waals surface area contributed by atoms with E-state index >= 15 is 0 Å². The van der Waals surface area contributed by atoms with E-state index in [0.29, 0.717) is 6.92 Å². The van der Waals surface area contributed by atoms with Crippen LogP contribution in [-0.4, -0.2) is 34.6 Å². The number of halogens is 4. The van der Waals surface area contributed by atoms with Crippen molar-refractivity contribution < 1.29 is 31.9 Å². The Morgan fingerprint density at radius 1 is 1.42 bits per heavy atom. The first kappa shape index (κ1) is 18.4. The SMILES string of the molecule is CCOC(=O)c1c(C)c(C(C)(F)F)nn1CC1(C(F)F)CC(=O)C1. The van der Waals surface area contributed by atoms with Gasteiger partial charge in [0, 0.05) is 25.3 Å². The molecule has 1 heterocycles. The minimum Gasteiger partial charge on any atom is -0.461 e. The van der Waals surface area contributed by atoms with Gasteiger partial charge in [-0.25, -0.2) is 13.6 Å². The van der Waals surface area contributed by atoms with Crippen LogP contribution in [0.25, 0.3) is 0 Å². The van der Waals surface area contributed by atoms with Crippen LogP contribution >= 0.6 is 0 Å². The number of esters is 1. The molecule has 0 spiro atoms. The van der Waals surface area contributed by atoms with E-state index in [4.69, 9.17) is 4.74 Å². The zero-order chi connectivity index (χ0) is 18.3. The molecule has 0 bridgehead atoms. The Kier molecular flexibility index (Phi) is 4.74. The lowest BCUT2D eigenvalue weighted by atomic mass is 9.68. The van der Waals surface area contributed by atoms with Crippen LogP contribution in [0.5, 0.6) is 0 Å². The van der Waals surface area contributed by atoms with Crippen LogP contribution < -0.4 is 0 Å². The van der Waals surface area contributed by atoms with Crippen molar-refractivity contribution in [3.63, 3.8) is 0 Å². The predicted molar refractivity (Wildman–Crippen MR) is 75.2 cm³/mol. The number of nitrogens with zero attached hydrogens (tertiary/aromatic N) is 2. The highest BCUT2D eigenvalue weighted by atomic mass is 19.3. The normalized spacial score (nSPS) is 17.1. The van der Waals surface area contributed by atoms with Gasteiger partial charge >= 0.3 is 5.97 Å². The molecule has 0 aliphatic heterocycles. The van der Waals surface area contributed by atoms with Crippen molar-refractivity contribution in [1.29, 1.82) is 0 Å². The van der Waals surface area contributed by atoms with Crippen LogP contribution in [0.2, 0.25) is 0 Å². The van der Waals surface area contributed by atoms with Crippen LogP contribution in [0.15, 0.2) is 0 Å². The summed E-state index contributed by atoms with van der Waals surface area (Å²) in [6.45, 7) is 2.91. The lowest BCUT2D eigenvalue weighted by Gasteiger charge is -2.39. The third kappa shape index (κ3) is 3.16. The van der Waals surface area contributed by atoms with Gasteiger partial charge < -0.3 is 4.74 Å². The summed E-state index contributed by atoms with van der Waals surface area (Å²) in [6.07, 6.45) is -3.58. The summed E-state index contributed by atoms with van der Waals surface area (Å²) in [7, 11) is 0. The molecule has 1 aromatic heterocycles. The zero-order valence-electron chi connectivity index (χ0n) is 13.5.